The first kappa shape index (κ1) is 20.6. The summed E-state index contributed by atoms with van der Waals surface area (Å²) in [6.45, 7) is 7.47. The van der Waals surface area contributed by atoms with Crippen LogP contribution in [0, 0.1) is 0 Å². The number of nitrogens with zero attached hydrogens (tertiary/aromatic N) is 2. The smallest absolute Gasteiger partial charge is 0.410 e. The molecule has 0 radical (unpaired) electrons. The van der Waals surface area contributed by atoms with Gasteiger partial charge in [-0.1, -0.05) is 0 Å². The Morgan fingerprint density at radius 1 is 1.52 bits per heavy atom. The lowest BCUT2D eigenvalue weighted by Gasteiger charge is -2.30. The summed E-state index contributed by atoms with van der Waals surface area (Å²) in [5, 5.41) is 1.90. The number of ether oxygens (including phenoxy) is 1. The zero-order valence-corrected chi connectivity index (χ0v) is 18.0. The molecule has 2 unspecified atom stereocenters. The van der Waals surface area contributed by atoms with Crippen molar-refractivity contribution in [2.45, 2.75) is 58.2 Å². The summed E-state index contributed by atoms with van der Waals surface area (Å²) in [4.78, 5) is 18.5. The van der Waals surface area contributed by atoms with Gasteiger partial charge in [-0.25, -0.2) is 22.9 Å². The first-order valence-corrected chi connectivity index (χ1v) is 11.4. The summed E-state index contributed by atoms with van der Waals surface area (Å²) in [5.41, 5.74) is 0.213. The zero-order valence-electron chi connectivity index (χ0n) is 14.8. The molecule has 10 heteroatoms. The molecule has 1 aliphatic heterocycles. The summed E-state index contributed by atoms with van der Waals surface area (Å²) in [5.74, 6) is 0.00487. The molecule has 1 fully saturated rings. The molecule has 1 saturated heterocycles. The number of aromatic nitrogens is 1. The highest BCUT2D eigenvalue weighted by Crippen LogP contribution is 2.26. The third-order valence-electron chi connectivity index (χ3n) is 3.83. The molecule has 1 aromatic heterocycles. The van der Waals surface area contributed by atoms with Gasteiger partial charge < -0.3 is 9.64 Å². The number of amides is 1. The second kappa shape index (κ2) is 7.89. The molecule has 25 heavy (non-hydrogen) atoms. The third kappa shape index (κ3) is 5.90. The number of sulfonamides is 1. The molecular weight excluding hydrogens is 430 g/mol. The number of halogens is 1. The lowest BCUT2D eigenvalue weighted by Crippen LogP contribution is -2.49. The van der Waals surface area contributed by atoms with Crippen molar-refractivity contribution < 1.29 is 17.9 Å². The Morgan fingerprint density at radius 2 is 2.20 bits per heavy atom. The van der Waals surface area contributed by atoms with E-state index in [1.807, 2.05) is 26.2 Å². The number of rotatable bonds is 5. The minimum absolute atomic E-state index is 0.00487. The van der Waals surface area contributed by atoms with E-state index in [0.29, 0.717) is 19.4 Å². The van der Waals surface area contributed by atoms with Crippen LogP contribution in [0.2, 0.25) is 0 Å². The molecule has 0 spiro atoms. The van der Waals surface area contributed by atoms with Crippen LogP contribution in [-0.4, -0.2) is 54.4 Å². The maximum absolute atomic E-state index is 12.5. The molecule has 0 saturated carbocycles. The van der Waals surface area contributed by atoms with Crippen LogP contribution in [0.4, 0.5) is 4.79 Å². The average Bonchev–Trinajstić information content (AvgIpc) is 3.04. The van der Waals surface area contributed by atoms with Gasteiger partial charge >= 0.3 is 6.09 Å². The minimum Gasteiger partial charge on any atom is -0.444 e. The second-order valence-electron chi connectivity index (χ2n) is 6.95. The lowest BCUT2D eigenvalue weighted by molar-refractivity contribution is 0.0218. The largest absolute Gasteiger partial charge is 0.444 e. The Balaban J connectivity index is 2.21. The van der Waals surface area contributed by atoms with Gasteiger partial charge in [0, 0.05) is 24.4 Å². The molecule has 0 bridgehead atoms. The highest BCUT2D eigenvalue weighted by Gasteiger charge is 2.40. The maximum Gasteiger partial charge on any atom is 0.410 e. The van der Waals surface area contributed by atoms with Crippen LogP contribution in [0.3, 0.4) is 0 Å². The molecule has 1 aromatic rings. The van der Waals surface area contributed by atoms with Crippen LogP contribution < -0.4 is 4.72 Å². The monoisotopic (exact) mass is 453 g/mol. The number of likely N-dealkylation sites (tertiary alicyclic amines) is 1. The fourth-order valence-corrected chi connectivity index (χ4v) is 4.66. The molecule has 2 rings (SSSR count). The number of thiazole rings is 1. The van der Waals surface area contributed by atoms with Crippen LogP contribution in [0.5, 0.6) is 0 Å². The van der Waals surface area contributed by atoms with Crippen molar-refractivity contribution in [3.63, 3.8) is 0 Å². The van der Waals surface area contributed by atoms with Crippen molar-refractivity contribution in [1.82, 2.24) is 14.6 Å². The Hall–Kier alpha value is -0.710. The SMILES string of the molecule is CCS(=O)(=O)NC1CCN(C(=O)OC(C)(C)C)C1Cc1csc(Br)n1. The number of hydrogen-bond donors (Lipinski definition) is 1. The number of carbonyl (C=O) groups excluding carboxylic acids is 1. The van der Waals surface area contributed by atoms with Gasteiger partial charge in [0.25, 0.3) is 0 Å². The molecule has 2 heterocycles. The van der Waals surface area contributed by atoms with Gasteiger partial charge in [-0.3, -0.25) is 0 Å². The highest BCUT2D eigenvalue weighted by molar-refractivity contribution is 9.11. The van der Waals surface area contributed by atoms with Gasteiger partial charge in [-0.2, -0.15) is 0 Å². The molecule has 2 atom stereocenters. The topological polar surface area (TPSA) is 88.6 Å². The number of nitrogens with one attached hydrogen (secondary N) is 1. The van der Waals surface area contributed by atoms with Crippen LogP contribution in [0.1, 0.15) is 39.8 Å². The predicted octanol–water partition coefficient (Wildman–Crippen LogP) is 2.77. The van der Waals surface area contributed by atoms with Crippen molar-refractivity contribution in [2.75, 3.05) is 12.3 Å². The maximum atomic E-state index is 12.5. The Bertz CT molecular complexity index is 715. The van der Waals surface area contributed by atoms with E-state index in [0.717, 1.165) is 9.61 Å². The van der Waals surface area contributed by atoms with Gasteiger partial charge in [-0.05, 0) is 50.0 Å². The van der Waals surface area contributed by atoms with E-state index in [9.17, 15) is 13.2 Å². The summed E-state index contributed by atoms with van der Waals surface area (Å²) >= 11 is 4.79. The molecule has 142 valence electrons. The molecular formula is C15H24BrN3O4S2. The Morgan fingerprint density at radius 3 is 2.72 bits per heavy atom. The average molecular weight is 454 g/mol. The third-order valence-corrected chi connectivity index (χ3v) is 6.66. The van der Waals surface area contributed by atoms with E-state index in [4.69, 9.17) is 4.74 Å². The van der Waals surface area contributed by atoms with Gasteiger partial charge in [0.1, 0.15) is 5.60 Å². The zero-order chi connectivity index (χ0) is 18.8. The van der Waals surface area contributed by atoms with E-state index >= 15 is 0 Å². The lowest BCUT2D eigenvalue weighted by atomic mass is 10.1. The summed E-state index contributed by atoms with van der Waals surface area (Å²) < 4.78 is 32.9. The fraction of sp³-hybridized carbons (Fsp3) is 0.733. The predicted molar refractivity (Wildman–Crippen MR) is 101 cm³/mol. The molecule has 1 aliphatic rings. The summed E-state index contributed by atoms with van der Waals surface area (Å²) in [6.07, 6.45) is 0.595. The molecule has 0 aromatic carbocycles. The summed E-state index contributed by atoms with van der Waals surface area (Å²) in [6, 6.07) is -0.678. The van der Waals surface area contributed by atoms with Crippen LogP contribution in [0.25, 0.3) is 0 Å². The molecule has 1 amide bonds. The first-order chi connectivity index (χ1) is 11.5. The highest BCUT2D eigenvalue weighted by atomic mass is 79.9. The Labute approximate surface area is 161 Å². The Kier molecular flexibility index (Phi) is 6.50. The van der Waals surface area contributed by atoms with E-state index in [1.165, 1.54) is 11.3 Å². The van der Waals surface area contributed by atoms with Crippen LogP contribution in [0.15, 0.2) is 9.30 Å². The van der Waals surface area contributed by atoms with Gasteiger partial charge in [0.05, 0.1) is 17.5 Å². The normalized spacial score (nSPS) is 21.6. The minimum atomic E-state index is -3.36. The van der Waals surface area contributed by atoms with Gasteiger partial charge in [0.15, 0.2) is 3.92 Å². The quantitative estimate of drug-likeness (QED) is 0.739. The van der Waals surface area contributed by atoms with E-state index < -0.39 is 21.7 Å². The van der Waals surface area contributed by atoms with Crippen LogP contribution in [-0.2, 0) is 21.2 Å². The van der Waals surface area contributed by atoms with Crippen LogP contribution >= 0.6 is 27.3 Å². The van der Waals surface area contributed by atoms with E-state index in [2.05, 4.69) is 25.6 Å². The van der Waals surface area contributed by atoms with Crippen molar-refractivity contribution in [1.29, 1.82) is 0 Å². The van der Waals surface area contributed by atoms with E-state index in [1.54, 1.807) is 11.8 Å². The number of carbonyl (C=O) groups is 1. The van der Waals surface area contributed by atoms with Gasteiger partial charge in [-0.15, -0.1) is 11.3 Å². The van der Waals surface area contributed by atoms with E-state index in [-0.39, 0.29) is 17.8 Å². The van der Waals surface area contributed by atoms with Crippen molar-refractivity contribution in [3.05, 3.63) is 15.0 Å². The second-order valence-corrected chi connectivity index (χ2v) is 11.1. The van der Waals surface area contributed by atoms with Crippen molar-refractivity contribution in [2.24, 2.45) is 0 Å². The fourth-order valence-electron chi connectivity index (χ4n) is 2.70. The van der Waals surface area contributed by atoms with Gasteiger partial charge in [0.2, 0.25) is 10.0 Å². The first-order valence-electron chi connectivity index (χ1n) is 8.10. The molecule has 1 N–H and O–H groups in total. The summed E-state index contributed by atoms with van der Waals surface area (Å²) in [7, 11) is -3.36. The van der Waals surface area contributed by atoms with Crippen molar-refractivity contribution >= 4 is 43.4 Å². The number of hydrogen-bond acceptors (Lipinski definition) is 6. The standard InChI is InChI=1S/C15H24BrN3O4S2/c1-5-25(21,22)18-11-6-7-19(14(20)23-15(2,3)4)12(11)8-10-9-24-13(16)17-10/h9,11-12,18H,5-8H2,1-4H3. The van der Waals surface area contributed by atoms with Crippen molar-refractivity contribution in [3.8, 4) is 0 Å². The molecule has 0 aliphatic carbocycles. The molecule has 7 nitrogen and oxygen atoms in total.